The minimum Gasteiger partial charge on any atom is -0.330 e. The van der Waals surface area contributed by atoms with E-state index in [4.69, 9.17) is 10.7 Å². The first-order valence-electron chi connectivity index (χ1n) is 6.32. The average Bonchev–Trinajstić information content (AvgIpc) is 2.84. The molecule has 1 fully saturated rings. The Labute approximate surface area is 102 Å². The number of hydrogen-bond acceptors (Lipinski definition) is 3. The third kappa shape index (κ3) is 2.30. The van der Waals surface area contributed by atoms with Gasteiger partial charge in [0.2, 0.25) is 0 Å². The normalized spacial score (nSPS) is 19.2. The van der Waals surface area contributed by atoms with Crippen molar-refractivity contribution in [2.24, 2.45) is 5.73 Å². The number of aryl methyl sites for hydroxylation is 2. The largest absolute Gasteiger partial charge is 0.330 e. The van der Waals surface area contributed by atoms with Crippen LogP contribution >= 0.6 is 11.3 Å². The second kappa shape index (κ2) is 4.84. The van der Waals surface area contributed by atoms with Crippen LogP contribution in [-0.4, -0.2) is 11.5 Å². The molecule has 2 nitrogen and oxygen atoms in total. The van der Waals surface area contributed by atoms with Gasteiger partial charge in [-0.2, -0.15) is 0 Å². The van der Waals surface area contributed by atoms with Crippen molar-refractivity contribution in [2.75, 3.05) is 6.54 Å². The molecule has 90 valence electrons. The van der Waals surface area contributed by atoms with Crippen molar-refractivity contribution in [3.63, 3.8) is 0 Å². The third-order valence-electron chi connectivity index (χ3n) is 3.72. The topological polar surface area (TPSA) is 38.9 Å². The maximum absolute atomic E-state index is 5.57. The van der Waals surface area contributed by atoms with Crippen molar-refractivity contribution >= 4 is 11.3 Å². The Morgan fingerprint density at radius 2 is 2.06 bits per heavy atom. The zero-order chi connectivity index (χ0) is 11.6. The molecule has 0 bridgehead atoms. The van der Waals surface area contributed by atoms with Crippen LogP contribution in [0.2, 0.25) is 0 Å². The number of nitrogens with zero attached hydrogens (tertiary/aromatic N) is 1. The van der Waals surface area contributed by atoms with E-state index in [-0.39, 0.29) is 0 Å². The SMILES string of the molecule is Cc1nc(C2(C)CCCC2)sc1CCCN. The highest BCUT2D eigenvalue weighted by molar-refractivity contribution is 7.11. The molecule has 0 aromatic carbocycles. The van der Waals surface area contributed by atoms with E-state index in [1.165, 1.54) is 41.3 Å². The molecule has 1 aliphatic rings. The summed E-state index contributed by atoms with van der Waals surface area (Å²) in [5.41, 5.74) is 7.17. The lowest BCUT2D eigenvalue weighted by molar-refractivity contribution is 0.487. The van der Waals surface area contributed by atoms with Gasteiger partial charge >= 0.3 is 0 Å². The van der Waals surface area contributed by atoms with Gasteiger partial charge < -0.3 is 5.73 Å². The number of aromatic nitrogens is 1. The van der Waals surface area contributed by atoms with Crippen LogP contribution in [0.25, 0.3) is 0 Å². The minimum atomic E-state index is 0.371. The molecule has 1 saturated carbocycles. The fourth-order valence-electron chi connectivity index (χ4n) is 2.55. The van der Waals surface area contributed by atoms with Gasteiger partial charge in [0.25, 0.3) is 0 Å². The molecule has 0 saturated heterocycles. The van der Waals surface area contributed by atoms with E-state index in [9.17, 15) is 0 Å². The fourth-order valence-corrected chi connectivity index (χ4v) is 3.86. The van der Waals surface area contributed by atoms with Crippen molar-refractivity contribution in [2.45, 2.75) is 57.8 Å². The van der Waals surface area contributed by atoms with Gasteiger partial charge in [-0.3, -0.25) is 0 Å². The standard InChI is InChI=1S/C13H22N2S/c1-10-11(6-5-9-14)16-12(15-10)13(2)7-3-4-8-13/h3-9,14H2,1-2H3. The molecule has 0 spiro atoms. The Morgan fingerprint density at radius 1 is 1.38 bits per heavy atom. The molecule has 2 N–H and O–H groups in total. The molecule has 1 aliphatic carbocycles. The first-order chi connectivity index (χ1) is 7.65. The van der Waals surface area contributed by atoms with Crippen LogP contribution in [0, 0.1) is 6.92 Å². The Hall–Kier alpha value is -0.410. The number of hydrogen-bond donors (Lipinski definition) is 1. The summed E-state index contributed by atoms with van der Waals surface area (Å²) in [5.74, 6) is 0. The third-order valence-corrected chi connectivity index (χ3v) is 5.25. The Bertz CT molecular complexity index is 351. The van der Waals surface area contributed by atoms with Crippen molar-refractivity contribution < 1.29 is 0 Å². The molecule has 0 amide bonds. The van der Waals surface area contributed by atoms with E-state index >= 15 is 0 Å². The average molecular weight is 238 g/mol. The maximum atomic E-state index is 5.57. The Morgan fingerprint density at radius 3 is 2.69 bits per heavy atom. The maximum Gasteiger partial charge on any atom is 0.0990 e. The zero-order valence-electron chi connectivity index (χ0n) is 10.4. The van der Waals surface area contributed by atoms with E-state index in [1.54, 1.807) is 0 Å². The molecule has 0 aliphatic heterocycles. The Balaban J connectivity index is 2.16. The molecule has 3 heteroatoms. The second-order valence-corrected chi connectivity index (χ2v) is 6.27. The summed E-state index contributed by atoms with van der Waals surface area (Å²) in [6, 6.07) is 0. The van der Waals surface area contributed by atoms with Gasteiger partial charge in [-0.1, -0.05) is 19.8 Å². The predicted molar refractivity (Wildman–Crippen MR) is 70.0 cm³/mol. The van der Waals surface area contributed by atoms with Crippen LogP contribution in [0.5, 0.6) is 0 Å². The number of rotatable bonds is 4. The summed E-state index contributed by atoms with van der Waals surface area (Å²) in [5, 5.41) is 1.37. The highest BCUT2D eigenvalue weighted by Gasteiger charge is 2.33. The summed E-state index contributed by atoms with van der Waals surface area (Å²) in [6.45, 7) is 5.30. The van der Waals surface area contributed by atoms with Crippen LogP contribution in [0.4, 0.5) is 0 Å². The van der Waals surface area contributed by atoms with Crippen LogP contribution in [-0.2, 0) is 11.8 Å². The molecule has 1 heterocycles. The predicted octanol–water partition coefficient (Wildman–Crippen LogP) is 3.17. The summed E-state index contributed by atoms with van der Waals surface area (Å²) >= 11 is 1.93. The smallest absolute Gasteiger partial charge is 0.0990 e. The van der Waals surface area contributed by atoms with E-state index in [1.807, 2.05) is 11.3 Å². The van der Waals surface area contributed by atoms with Gasteiger partial charge in [0.05, 0.1) is 10.7 Å². The van der Waals surface area contributed by atoms with Crippen LogP contribution in [0.1, 0.15) is 54.6 Å². The van der Waals surface area contributed by atoms with Gasteiger partial charge in [0.1, 0.15) is 0 Å². The van der Waals surface area contributed by atoms with Gasteiger partial charge in [-0.25, -0.2) is 4.98 Å². The quantitative estimate of drug-likeness (QED) is 0.875. The number of thiazole rings is 1. The van der Waals surface area contributed by atoms with Gasteiger partial charge in [-0.15, -0.1) is 11.3 Å². The van der Waals surface area contributed by atoms with Gasteiger partial charge in [-0.05, 0) is 39.2 Å². The Kier molecular flexibility index (Phi) is 3.65. The minimum absolute atomic E-state index is 0.371. The lowest BCUT2D eigenvalue weighted by Crippen LogP contribution is -2.16. The molecule has 2 rings (SSSR count). The summed E-state index contributed by atoms with van der Waals surface area (Å²) in [6.07, 6.45) is 7.56. The lowest BCUT2D eigenvalue weighted by atomic mass is 9.90. The molecular formula is C13H22N2S. The zero-order valence-corrected chi connectivity index (χ0v) is 11.2. The first-order valence-corrected chi connectivity index (χ1v) is 7.14. The van der Waals surface area contributed by atoms with Crippen molar-refractivity contribution in [3.05, 3.63) is 15.6 Å². The van der Waals surface area contributed by atoms with E-state index in [0.717, 1.165) is 19.4 Å². The summed E-state index contributed by atoms with van der Waals surface area (Å²) in [7, 11) is 0. The molecule has 16 heavy (non-hydrogen) atoms. The second-order valence-electron chi connectivity index (χ2n) is 5.19. The molecule has 0 radical (unpaired) electrons. The molecule has 1 aromatic rings. The van der Waals surface area contributed by atoms with Crippen molar-refractivity contribution in [1.29, 1.82) is 0 Å². The first kappa shape index (κ1) is 12.1. The van der Waals surface area contributed by atoms with Crippen LogP contribution in [0.3, 0.4) is 0 Å². The summed E-state index contributed by atoms with van der Waals surface area (Å²) in [4.78, 5) is 6.25. The number of nitrogens with two attached hydrogens (primary N) is 1. The molecular weight excluding hydrogens is 216 g/mol. The van der Waals surface area contributed by atoms with Crippen molar-refractivity contribution in [3.8, 4) is 0 Å². The van der Waals surface area contributed by atoms with E-state index in [2.05, 4.69) is 13.8 Å². The van der Waals surface area contributed by atoms with Crippen LogP contribution in [0.15, 0.2) is 0 Å². The molecule has 0 atom stereocenters. The highest BCUT2D eigenvalue weighted by Crippen LogP contribution is 2.42. The lowest BCUT2D eigenvalue weighted by Gasteiger charge is -2.19. The summed E-state index contributed by atoms with van der Waals surface area (Å²) < 4.78 is 0. The van der Waals surface area contributed by atoms with E-state index < -0.39 is 0 Å². The van der Waals surface area contributed by atoms with Crippen LogP contribution < -0.4 is 5.73 Å². The van der Waals surface area contributed by atoms with Crippen molar-refractivity contribution in [1.82, 2.24) is 4.98 Å². The molecule has 1 aromatic heterocycles. The van der Waals surface area contributed by atoms with E-state index in [0.29, 0.717) is 5.41 Å². The molecule has 0 unspecified atom stereocenters. The van der Waals surface area contributed by atoms with Gasteiger partial charge in [0.15, 0.2) is 0 Å². The monoisotopic (exact) mass is 238 g/mol. The highest BCUT2D eigenvalue weighted by atomic mass is 32.1. The van der Waals surface area contributed by atoms with Gasteiger partial charge in [0, 0.05) is 10.3 Å². The fraction of sp³-hybridized carbons (Fsp3) is 0.769.